The summed E-state index contributed by atoms with van der Waals surface area (Å²) < 4.78 is 5.05. The van der Waals surface area contributed by atoms with Gasteiger partial charge in [0.2, 0.25) is 11.8 Å². The predicted octanol–water partition coefficient (Wildman–Crippen LogP) is 2.83. The number of nitrogens with zero attached hydrogens (tertiary/aromatic N) is 2. The van der Waals surface area contributed by atoms with E-state index >= 15 is 0 Å². The lowest BCUT2D eigenvalue weighted by Gasteiger charge is -2.30. The minimum absolute atomic E-state index is 0.0319. The topological polar surface area (TPSA) is 157 Å². The van der Waals surface area contributed by atoms with E-state index in [1.807, 2.05) is 30.4 Å². The molecule has 0 spiro atoms. The number of aliphatic carboxylic acids is 1. The van der Waals surface area contributed by atoms with Crippen molar-refractivity contribution in [2.24, 2.45) is 5.92 Å². The molecule has 5 atom stereocenters. The fourth-order valence-electron chi connectivity index (χ4n) is 6.47. The second-order valence-corrected chi connectivity index (χ2v) is 12.3. The lowest BCUT2D eigenvalue weighted by molar-refractivity contribution is -0.145. The van der Waals surface area contributed by atoms with Gasteiger partial charge in [-0.05, 0) is 56.6 Å². The minimum atomic E-state index is -1.44. The van der Waals surface area contributed by atoms with Gasteiger partial charge in [0.15, 0.2) is 0 Å². The molecule has 12 nitrogen and oxygen atoms in total. The van der Waals surface area contributed by atoms with Gasteiger partial charge in [-0.1, -0.05) is 55.8 Å². The van der Waals surface area contributed by atoms with Gasteiger partial charge >= 0.3 is 18.1 Å². The van der Waals surface area contributed by atoms with Gasteiger partial charge in [0, 0.05) is 25.6 Å². The van der Waals surface area contributed by atoms with E-state index in [9.17, 15) is 29.1 Å². The summed E-state index contributed by atoms with van der Waals surface area (Å²) in [6, 6.07) is 5.09. The Labute approximate surface area is 256 Å². The molecule has 1 saturated carbocycles. The first kappa shape index (κ1) is 31.1. The molecule has 2 fully saturated rings. The molecule has 1 saturated heterocycles. The number of urea groups is 1. The Kier molecular flexibility index (Phi) is 9.26. The van der Waals surface area contributed by atoms with Crippen molar-refractivity contribution >= 4 is 29.9 Å². The van der Waals surface area contributed by atoms with Crippen molar-refractivity contribution in [1.82, 2.24) is 25.8 Å². The molecule has 12 heteroatoms. The molecule has 3 heterocycles. The number of allylic oxidation sites excluding steroid dienone is 2. The number of carboxylic acid groups (broad SMARTS) is 1. The van der Waals surface area contributed by atoms with Crippen LogP contribution >= 0.6 is 0 Å². The Bertz CT molecular complexity index is 1360. The van der Waals surface area contributed by atoms with Crippen LogP contribution < -0.4 is 16.0 Å². The normalized spacial score (nSPS) is 29.4. The molecule has 44 heavy (non-hydrogen) atoms. The van der Waals surface area contributed by atoms with Crippen LogP contribution in [0, 0.1) is 5.92 Å². The van der Waals surface area contributed by atoms with Crippen LogP contribution in [0.4, 0.5) is 9.59 Å². The lowest BCUT2D eigenvalue weighted by atomic mass is 10.0. The maximum atomic E-state index is 14.0. The molecular weight excluding hydrogens is 566 g/mol. The van der Waals surface area contributed by atoms with E-state index in [-0.39, 0.29) is 37.1 Å². The first-order valence-electron chi connectivity index (χ1n) is 15.4. The number of carboxylic acids is 1. The number of alkyl carbamates (subject to hydrolysis) is 1. The molecule has 236 valence electrons. The van der Waals surface area contributed by atoms with Gasteiger partial charge in [-0.15, -0.1) is 0 Å². The number of nitrogens with one attached hydrogen (secondary N) is 3. The average Bonchev–Trinajstić information content (AvgIpc) is 3.52. The maximum Gasteiger partial charge on any atom is 0.412 e. The molecular formula is C32H41N5O7. The van der Waals surface area contributed by atoms with Crippen LogP contribution in [-0.2, 0) is 32.1 Å². The highest BCUT2D eigenvalue weighted by Gasteiger charge is 2.61. The number of carbonyl (C=O) groups is 5. The van der Waals surface area contributed by atoms with Gasteiger partial charge in [-0.25, -0.2) is 14.4 Å². The molecule has 0 bridgehead atoms. The second kappa shape index (κ2) is 13.1. The Balaban J connectivity index is 1.36. The van der Waals surface area contributed by atoms with E-state index < -0.39 is 47.5 Å². The van der Waals surface area contributed by atoms with E-state index in [1.54, 1.807) is 4.90 Å². The zero-order valence-corrected chi connectivity index (χ0v) is 25.0. The van der Waals surface area contributed by atoms with Gasteiger partial charge in [0.1, 0.15) is 17.6 Å². The van der Waals surface area contributed by atoms with E-state index in [1.165, 1.54) is 17.4 Å². The molecule has 0 aromatic heterocycles. The summed E-state index contributed by atoms with van der Waals surface area (Å²) in [5.41, 5.74) is 0.841. The predicted molar refractivity (Wildman–Crippen MR) is 160 cm³/mol. The number of carbonyl (C=O) groups excluding carboxylic acids is 4. The summed E-state index contributed by atoms with van der Waals surface area (Å²) in [5.74, 6) is -2.39. The maximum absolute atomic E-state index is 14.0. The summed E-state index contributed by atoms with van der Waals surface area (Å²) in [4.78, 5) is 68.9. The van der Waals surface area contributed by atoms with Crippen LogP contribution in [0.2, 0.25) is 0 Å². The van der Waals surface area contributed by atoms with Crippen molar-refractivity contribution in [2.45, 2.75) is 88.5 Å². The van der Waals surface area contributed by atoms with Gasteiger partial charge in [-0.3, -0.25) is 9.59 Å². The fourth-order valence-corrected chi connectivity index (χ4v) is 6.47. The van der Waals surface area contributed by atoms with Crippen molar-refractivity contribution in [3.05, 3.63) is 59.9 Å². The van der Waals surface area contributed by atoms with Crippen LogP contribution in [0.5, 0.6) is 0 Å². The molecule has 5 rings (SSSR count). The monoisotopic (exact) mass is 607 g/mol. The molecule has 4 aliphatic rings. The number of amides is 5. The van der Waals surface area contributed by atoms with E-state index in [0.717, 1.165) is 31.2 Å². The zero-order valence-electron chi connectivity index (χ0n) is 25.0. The number of fused-ring (bicyclic) bond motifs is 3. The molecule has 0 unspecified atom stereocenters. The Morgan fingerprint density at radius 1 is 1.11 bits per heavy atom. The highest BCUT2D eigenvalue weighted by Crippen LogP contribution is 2.45. The Hall–Kier alpha value is -4.35. The van der Waals surface area contributed by atoms with Crippen molar-refractivity contribution in [1.29, 1.82) is 0 Å². The van der Waals surface area contributed by atoms with Crippen molar-refractivity contribution < 1.29 is 33.8 Å². The third kappa shape index (κ3) is 6.89. The third-order valence-corrected chi connectivity index (χ3v) is 8.96. The molecule has 1 aromatic carbocycles. The fraction of sp³-hybridized carbons (Fsp3) is 0.531. The molecule has 0 radical (unpaired) electrons. The summed E-state index contributed by atoms with van der Waals surface area (Å²) in [6.07, 6.45) is 7.39. The average molecular weight is 608 g/mol. The van der Waals surface area contributed by atoms with Crippen molar-refractivity contribution in [2.75, 3.05) is 13.1 Å². The molecule has 1 aliphatic carbocycles. The van der Waals surface area contributed by atoms with Crippen LogP contribution in [0.25, 0.3) is 0 Å². The van der Waals surface area contributed by atoms with E-state index in [2.05, 4.69) is 28.6 Å². The summed E-state index contributed by atoms with van der Waals surface area (Å²) >= 11 is 0. The summed E-state index contributed by atoms with van der Waals surface area (Å²) in [5, 5.41) is 18.4. The standard InChI is InChI=1S/C32H41N5O7/c1-20(2)44-31(43)34-25-13-7-5-3-4-6-12-23-17-32(23,29(40)41)35-27(38)26-16-24(19-37(26)28(25)39)33-30(42)36-15-14-21-10-8-9-11-22(21)18-36/h6,8-12,23-26H,1,3-5,7,13-19H2,2H3,(H,33,42)(H,34,43)(H,35,38)(H,40,41)/b12-6-/t23-,24-,25+,26+,32-/m1/s1. The first-order chi connectivity index (χ1) is 21.1. The van der Waals surface area contributed by atoms with Crippen molar-refractivity contribution in [3.8, 4) is 0 Å². The number of ether oxygens (including phenoxy) is 1. The van der Waals surface area contributed by atoms with Gasteiger partial charge in [0.25, 0.3) is 0 Å². The minimum Gasteiger partial charge on any atom is -0.479 e. The molecule has 1 aromatic rings. The van der Waals surface area contributed by atoms with Gasteiger partial charge in [0.05, 0.1) is 11.8 Å². The van der Waals surface area contributed by atoms with E-state index in [0.29, 0.717) is 25.9 Å². The Morgan fingerprint density at radius 3 is 2.64 bits per heavy atom. The highest BCUT2D eigenvalue weighted by molar-refractivity contribution is 5.96. The Morgan fingerprint density at radius 2 is 1.89 bits per heavy atom. The molecule has 5 amide bonds. The first-order valence-corrected chi connectivity index (χ1v) is 15.4. The van der Waals surface area contributed by atoms with Gasteiger partial charge < -0.3 is 35.6 Å². The molecule has 4 N–H and O–H groups in total. The largest absolute Gasteiger partial charge is 0.479 e. The van der Waals surface area contributed by atoms with E-state index in [4.69, 9.17) is 4.74 Å². The van der Waals surface area contributed by atoms with Crippen LogP contribution in [0.15, 0.2) is 48.8 Å². The SMILES string of the molecule is C=C(C)OC(=O)N[C@H]1CCCCC/C=C\[C@@H]2C[C@@]2(C(=O)O)NC(=O)[C@@H]2C[C@@H](NC(=O)N3CCc4ccccc4C3)CN2C1=O. The summed E-state index contributed by atoms with van der Waals surface area (Å²) in [7, 11) is 0. The summed E-state index contributed by atoms with van der Waals surface area (Å²) in [6.45, 7) is 6.11. The third-order valence-electron chi connectivity index (χ3n) is 8.96. The second-order valence-electron chi connectivity index (χ2n) is 12.3. The van der Waals surface area contributed by atoms with Crippen LogP contribution in [0.3, 0.4) is 0 Å². The number of hydrogen-bond acceptors (Lipinski definition) is 6. The number of benzene rings is 1. The smallest absolute Gasteiger partial charge is 0.412 e. The van der Waals surface area contributed by atoms with Crippen LogP contribution in [0.1, 0.15) is 63.0 Å². The van der Waals surface area contributed by atoms with Gasteiger partial charge in [-0.2, -0.15) is 0 Å². The van der Waals surface area contributed by atoms with Crippen LogP contribution in [-0.4, -0.2) is 81.6 Å². The molecule has 3 aliphatic heterocycles. The number of rotatable bonds is 4. The lowest BCUT2D eigenvalue weighted by Crippen LogP contribution is -2.56. The quantitative estimate of drug-likeness (QED) is 0.303. The zero-order chi connectivity index (χ0) is 31.4. The van der Waals surface area contributed by atoms with Crippen molar-refractivity contribution in [3.63, 3.8) is 0 Å². The number of hydrogen-bond donors (Lipinski definition) is 4. The highest BCUT2D eigenvalue weighted by atomic mass is 16.6.